The molecule has 0 spiro atoms. The van der Waals surface area contributed by atoms with E-state index in [0.717, 1.165) is 6.04 Å². The summed E-state index contributed by atoms with van der Waals surface area (Å²) in [6.07, 6.45) is 4.70. The SMILES string of the molecule is CSNC1CCN(C)CC1. The summed E-state index contributed by atoms with van der Waals surface area (Å²) in [6, 6.07) is 0.756. The highest BCUT2D eigenvalue weighted by Crippen LogP contribution is 2.09. The molecule has 1 N–H and O–H groups in total. The molecule has 0 radical (unpaired) electrons. The molecule has 0 bridgehead atoms. The predicted octanol–water partition coefficient (Wildman–Crippen LogP) is 0.948. The summed E-state index contributed by atoms with van der Waals surface area (Å²) in [7, 11) is 2.19. The lowest BCUT2D eigenvalue weighted by molar-refractivity contribution is 0.250. The fourth-order valence-electron chi connectivity index (χ4n) is 1.29. The molecule has 1 fully saturated rings. The Morgan fingerprint density at radius 1 is 1.40 bits per heavy atom. The van der Waals surface area contributed by atoms with Crippen LogP contribution in [0.25, 0.3) is 0 Å². The molecule has 1 aliphatic heterocycles. The van der Waals surface area contributed by atoms with E-state index in [1.165, 1.54) is 25.9 Å². The second-order valence-corrected chi connectivity index (χ2v) is 3.54. The van der Waals surface area contributed by atoms with Gasteiger partial charge >= 0.3 is 0 Å². The highest BCUT2D eigenvalue weighted by Gasteiger charge is 2.14. The van der Waals surface area contributed by atoms with Crippen LogP contribution in [0.3, 0.4) is 0 Å². The van der Waals surface area contributed by atoms with Crippen LogP contribution in [0.15, 0.2) is 0 Å². The standard InChI is InChI=1S/C7H16N2S/c1-9-5-3-7(4-6-9)8-10-2/h7-8H,3-6H2,1-2H3. The molecule has 0 aromatic heterocycles. The third-order valence-electron chi connectivity index (χ3n) is 2.00. The van der Waals surface area contributed by atoms with Crippen LogP contribution in [0.2, 0.25) is 0 Å². The molecule has 1 aliphatic rings. The first-order valence-corrected chi connectivity index (χ1v) is 5.02. The van der Waals surface area contributed by atoms with Crippen LogP contribution in [0.4, 0.5) is 0 Å². The maximum atomic E-state index is 3.40. The van der Waals surface area contributed by atoms with Crippen molar-refractivity contribution in [2.45, 2.75) is 18.9 Å². The normalized spacial score (nSPS) is 23.4. The molecule has 0 unspecified atom stereocenters. The molecule has 0 saturated carbocycles. The van der Waals surface area contributed by atoms with Crippen LogP contribution in [0.5, 0.6) is 0 Å². The van der Waals surface area contributed by atoms with Gasteiger partial charge in [0.05, 0.1) is 0 Å². The van der Waals surface area contributed by atoms with Gasteiger partial charge in [0.15, 0.2) is 0 Å². The van der Waals surface area contributed by atoms with Gasteiger partial charge in [-0.25, -0.2) is 0 Å². The summed E-state index contributed by atoms with van der Waals surface area (Å²) >= 11 is 1.74. The molecule has 1 heterocycles. The minimum Gasteiger partial charge on any atom is -0.306 e. The van der Waals surface area contributed by atoms with E-state index in [1.807, 2.05) is 0 Å². The first-order chi connectivity index (χ1) is 4.83. The average Bonchev–Trinajstić information content (AvgIpc) is 1.95. The fourth-order valence-corrected chi connectivity index (χ4v) is 1.86. The molecule has 1 rings (SSSR count). The number of likely N-dealkylation sites (tertiary alicyclic amines) is 1. The van der Waals surface area contributed by atoms with Crippen molar-refractivity contribution < 1.29 is 0 Å². The maximum Gasteiger partial charge on any atom is 0.0196 e. The van der Waals surface area contributed by atoms with E-state index in [4.69, 9.17) is 0 Å². The zero-order valence-electron chi connectivity index (χ0n) is 6.76. The summed E-state index contributed by atoms with van der Waals surface area (Å²) < 4.78 is 3.40. The lowest BCUT2D eigenvalue weighted by Gasteiger charge is -2.28. The molecule has 0 aromatic carbocycles. The first-order valence-electron chi connectivity index (χ1n) is 3.80. The number of hydrogen-bond donors (Lipinski definition) is 1. The van der Waals surface area contributed by atoms with Gasteiger partial charge < -0.3 is 4.90 Å². The van der Waals surface area contributed by atoms with E-state index in [-0.39, 0.29) is 0 Å². The minimum absolute atomic E-state index is 0.756. The van der Waals surface area contributed by atoms with Crippen LogP contribution < -0.4 is 4.72 Å². The van der Waals surface area contributed by atoms with Crippen LogP contribution >= 0.6 is 11.9 Å². The van der Waals surface area contributed by atoms with Crippen LogP contribution in [-0.4, -0.2) is 37.3 Å². The molecule has 2 nitrogen and oxygen atoms in total. The van der Waals surface area contributed by atoms with Gasteiger partial charge in [-0.2, -0.15) is 0 Å². The Bertz CT molecular complexity index is 89.6. The van der Waals surface area contributed by atoms with Gasteiger partial charge in [0, 0.05) is 6.04 Å². The van der Waals surface area contributed by atoms with E-state index in [9.17, 15) is 0 Å². The summed E-state index contributed by atoms with van der Waals surface area (Å²) in [5, 5.41) is 0. The van der Waals surface area contributed by atoms with Crippen LogP contribution in [0.1, 0.15) is 12.8 Å². The number of rotatable bonds is 2. The van der Waals surface area contributed by atoms with Gasteiger partial charge in [0.2, 0.25) is 0 Å². The van der Waals surface area contributed by atoms with E-state index in [2.05, 4.69) is 22.9 Å². The van der Waals surface area contributed by atoms with Gasteiger partial charge in [-0.05, 0) is 39.2 Å². The van der Waals surface area contributed by atoms with Gasteiger partial charge in [0.25, 0.3) is 0 Å². The second kappa shape index (κ2) is 4.21. The first kappa shape index (κ1) is 8.37. The maximum absolute atomic E-state index is 3.40. The van der Waals surface area contributed by atoms with E-state index >= 15 is 0 Å². The lowest BCUT2D eigenvalue weighted by Crippen LogP contribution is -2.38. The van der Waals surface area contributed by atoms with Crippen molar-refractivity contribution in [3.8, 4) is 0 Å². The van der Waals surface area contributed by atoms with Crippen molar-refractivity contribution in [2.24, 2.45) is 0 Å². The molecule has 1 saturated heterocycles. The molecule has 0 atom stereocenters. The Morgan fingerprint density at radius 2 is 2.00 bits per heavy atom. The monoisotopic (exact) mass is 160 g/mol. The van der Waals surface area contributed by atoms with Crippen molar-refractivity contribution in [2.75, 3.05) is 26.4 Å². The lowest BCUT2D eigenvalue weighted by atomic mass is 10.1. The Labute approximate surface area is 67.5 Å². The van der Waals surface area contributed by atoms with Gasteiger partial charge in [0.1, 0.15) is 0 Å². The number of hydrogen-bond acceptors (Lipinski definition) is 3. The van der Waals surface area contributed by atoms with Gasteiger partial charge in [-0.3, -0.25) is 4.72 Å². The minimum atomic E-state index is 0.756. The number of nitrogens with one attached hydrogen (secondary N) is 1. The molecule has 0 amide bonds. The van der Waals surface area contributed by atoms with Crippen LogP contribution in [0, 0.1) is 0 Å². The third-order valence-corrected chi connectivity index (χ3v) is 2.57. The Morgan fingerprint density at radius 3 is 2.50 bits per heavy atom. The number of nitrogens with zero attached hydrogens (tertiary/aromatic N) is 1. The van der Waals surface area contributed by atoms with Gasteiger partial charge in [-0.1, -0.05) is 11.9 Å². The third kappa shape index (κ3) is 2.48. The summed E-state index contributed by atoms with van der Waals surface area (Å²) in [6.45, 7) is 2.50. The zero-order chi connectivity index (χ0) is 7.40. The Kier molecular flexibility index (Phi) is 3.52. The average molecular weight is 160 g/mol. The molecule has 0 aliphatic carbocycles. The largest absolute Gasteiger partial charge is 0.306 e. The quantitative estimate of drug-likeness (QED) is 0.605. The molecule has 0 aromatic rings. The summed E-state index contributed by atoms with van der Waals surface area (Å²) in [4.78, 5) is 2.39. The fraction of sp³-hybridized carbons (Fsp3) is 1.00. The Balaban J connectivity index is 2.13. The zero-order valence-corrected chi connectivity index (χ0v) is 7.58. The van der Waals surface area contributed by atoms with E-state index < -0.39 is 0 Å². The highest BCUT2D eigenvalue weighted by atomic mass is 32.2. The number of piperidine rings is 1. The van der Waals surface area contributed by atoms with Crippen molar-refractivity contribution in [1.29, 1.82) is 0 Å². The molecular formula is C7H16N2S. The van der Waals surface area contributed by atoms with E-state index in [0.29, 0.717) is 0 Å². The smallest absolute Gasteiger partial charge is 0.0196 e. The summed E-state index contributed by atoms with van der Waals surface area (Å²) in [5.74, 6) is 0. The van der Waals surface area contributed by atoms with Gasteiger partial charge in [-0.15, -0.1) is 0 Å². The molecular weight excluding hydrogens is 144 g/mol. The summed E-state index contributed by atoms with van der Waals surface area (Å²) in [5.41, 5.74) is 0. The van der Waals surface area contributed by atoms with Crippen molar-refractivity contribution in [3.05, 3.63) is 0 Å². The van der Waals surface area contributed by atoms with E-state index in [1.54, 1.807) is 11.9 Å². The Hall–Kier alpha value is 0.270. The molecule has 3 heteroatoms. The van der Waals surface area contributed by atoms with Crippen molar-refractivity contribution in [3.63, 3.8) is 0 Å². The van der Waals surface area contributed by atoms with Crippen molar-refractivity contribution in [1.82, 2.24) is 9.62 Å². The van der Waals surface area contributed by atoms with Crippen LogP contribution in [-0.2, 0) is 0 Å². The highest BCUT2D eigenvalue weighted by molar-refractivity contribution is 7.96. The molecule has 10 heavy (non-hydrogen) atoms. The second-order valence-electron chi connectivity index (χ2n) is 2.90. The molecule has 60 valence electrons. The van der Waals surface area contributed by atoms with Crippen molar-refractivity contribution >= 4 is 11.9 Å². The topological polar surface area (TPSA) is 15.3 Å². The predicted molar refractivity (Wildman–Crippen MR) is 47.2 cm³/mol.